The maximum atomic E-state index is 13.1. The number of carbonyl (C=O) groups excluding carboxylic acids is 1. The Kier molecular flexibility index (Phi) is 4.26. The molecule has 0 bridgehead atoms. The molecular weight excluding hydrogens is 346 g/mol. The van der Waals surface area contributed by atoms with E-state index in [2.05, 4.69) is 5.32 Å². The Bertz CT molecular complexity index is 888. The summed E-state index contributed by atoms with van der Waals surface area (Å²) in [5, 5.41) is 15.5. The van der Waals surface area contributed by atoms with Crippen LogP contribution in [0.4, 0.5) is 0 Å². The van der Waals surface area contributed by atoms with Crippen molar-refractivity contribution >= 4 is 17.2 Å². The minimum Gasteiger partial charge on any atom is -0.457 e. The molecule has 0 fully saturated rings. The zero-order valence-corrected chi connectivity index (χ0v) is 15.1. The Morgan fingerprint density at radius 3 is 2.27 bits per heavy atom. The third-order valence-electron chi connectivity index (χ3n) is 4.60. The number of amides is 1. The first-order valence-corrected chi connectivity index (χ1v) is 9.34. The minimum absolute atomic E-state index is 0.147. The van der Waals surface area contributed by atoms with Gasteiger partial charge in [-0.2, -0.15) is 0 Å². The van der Waals surface area contributed by atoms with Gasteiger partial charge in [-0.25, -0.2) is 0 Å². The number of rotatable bonds is 4. The number of carbonyl (C=O) groups is 1. The molecule has 0 saturated carbocycles. The van der Waals surface area contributed by atoms with Gasteiger partial charge in [-0.3, -0.25) is 4.79 Å². The summed E-state index contributed by atoms with van der Waals surface area (Å²) >= 11 is 1.47. The molecule has 1 aromatic heterocycles. The fraction of sp³-hybridized carbons (Fsp3) is 0.190. The SMILES string of the molecule is C[C@@](O)(CNC(=O)C1c2ccccc2Oc2ccccc21)c1cccs1. The van der Waals surface area contributed by atoms with Crippen LogP contribution in [0.25, 0.3) is 0 Å². The molecule has 2 aromatic carbocycles. The molecular formula is C21H19NO3S. The monoisotopic (exact) mass is 365 g/mol. The van der Waals surface area contributed by atoms with Crippen molar-refractivity contribution < 1.29 is 14.6 Å². The second kappa shape index (κ2) is 6.59. The van der Waals surface area contributed by atoms with Crippen LogP contribution in [0.15, 0.2) is 66.0 Å². The van der Waals surface area contributed by atoms with Crippen molar-refractivity contribution in [2.45, 2.75) is 18.4 Å². The first-order valence-electron chi connectivity index (χ1n) is 8.46. The lowest BCUT2D eigenvalue weighted by atomic mass is 9.87. The van der Waals surface area contributed by atoms with Crippen LogP contribution in [-0.4, -0.2) is 17.6 Å². The van der Waals surface area contributed by atoms with Gasteiger partial charge in [0.25, 0.3) is 0 Å². The fourth-order valence-electron chi connectivity index (χ4n) is 3.23. The molecule has 0 unspecified atom stereocenters. The highest BCUT2D eigenvalue weighted by Gasteiger charge is 2.34. The topological polar surface area (TPSA) is 58.6 Å². The second-order valence-corrected chi connectivity index (χ2v) is 7.53. The predicted octanol–water partition coefficient (Wildman–Crippen LogP) is 4.01. The average molecular weight is 365 g/mol. The van der Waals surface area contributed by atoms with E-state index in [-0.39, 0.29) is 12.5 Å². The molecule has 132 valence electrons. The summed E-state index contributed by atoms with van der Waals surface area (Å²) in [5.74, 6) is 0.771. The van der Waals surface area contributed by atoms with Crippen molar-refractivity contribution in [3.63, 3.8) is 0 Å². The molecule has 0 spiro atoms. The molecule has 4 rings (SSSR count). The van der Waals surface area contributed by atoms with Crippen molar-refractivity contribution in [2.75, 3.05) is 6.54 Å². The fourth-order valence-corrected chi connectivity index (χ4v) is 4.01. The lowest BCUT2D eigenvalue weighted by Gasteiger charge is -2.29. The number of hydrogen-bond acceptors (Lipinski definition) is 4. The molecule has 5 heteroatoms. The highest BCUT2D eigenvalue weighted by atomic mass is 32.1. The largest absolute Gasteiger partial charge is 0.457 e. The Hall–Kier alpha value is -2.63. The van der Waals surface area contributed by atoms with Crippen LogP contribution in [0, 0.1) is 0 Å². The van der Waals surface area contributed by atoms with Crippen molar-refractivity contribution in [1.29, 1.82) is 0 Å². The van der Waals surface area contributed by atoms with E-state index >= 15 is 0 Å². The summed E-state index contributed by atoms with van der Waals surface area (Å²) in [7, 11) is 0. The van der Waals surface area contributed by atoms with Gasteiger partial charge in [0.2, 0.25) is 5.91 Å². The van der Waals surface area contributed by atoms with E-state index in [4.69, 9.17) is 4.74 Å². The first kappa shape index (κ1) is 16.8. The molecule has 0 aliphatic carbocycles. The van der Waals surface area contributed by atoms with Gasteiger partial charge in [-0.15, -0.1) is 11.3 Å². The van der Waals surface area contributed by atoms with Gasteiger partial charge in [0.05, 0.1) is 12.5 Å². The van der Waals surface area contributed by atoms with Gasteiger partial charge in [-0.05, 0) is 30.5 Å². The van der Waals surface area contributed by atoms with Gasteiger partial charge in [0.1, 0.15) is 17.1 Å². The number of nitrogens with one attached hydrogen (secondary N) is 1. The number of fused-ring (bicyclic) bond motifs is 2. The standard InChI is InChI=1S/C21H19NO3S/c1-21(24,18-11-6-12-26-18)13-22-20(23)19-14-7-2-4-9-16(14)25-17-10-5-3-8-15(17)19/h2-12,19,24H,13H2,1H3,(H,22,23)/t21-/m1/s1. The van der Waals surface area contributed by atoms with Crippen molar-refractivity contribution in [1.82, 2.24) is 5.32 Å². The van der Waals surface area contributed by atoms with Crippen LogP contribution in [0.5, 0.6) is 11.5 Å². The lowest BCUT2D eigenvalue weighted by Crippen LogP contribution is -2.40. The number of thiophene rings is 1. The molecule has 0 radical (unpaired) electrons. The molecule has 26 heavy (non-hydrogen) atoms. The Labute approximate surface area is 156 Å². The van der Waals surface area contributed by atoms with Gasteiger partial charge >= 0.3 is 0 Å². The van der Waals surface area contributed by atoms with Crippen LogP contribution in [-0.2, 0) is 10.4 Å². The molecule has 3 aromatic rings. The summed E-state index contributed by atoms with van der Waals surface area (Å²) in [4.78, 5) is 13.9. The van der Waals surface area contributed by atoms with Crippen molar-refractivity contribution in [3.05, 3.63) is 82.0 Å². The highest BCUT2D eigenvalue weighted by molar-refractivity contribution is 7.10. The van der Waals surface area contributed by atoms with Gasteiger partial charge in [0, 0.05) is 16.0 Å². The molecule has 2 heterocycles. The summed E-state index contributed by atoms with van der Waals surface area (Å²) in [6.07, 6.45) is 0. The van der Waals surface area contributed by atoms with E-state index in [9.17, 15) is 9.90 Å². The maximum Gasteiger partial charge on any atom is 0.232 e. The van der Waals surface area contributed by atoms with Crippen LogP contribution < -0.4 is 10.1 Å². The van der Waals surface area contributed by atoms with Gasteiger partial charge in [-0.1, -0.05) is 42.5 Å². The summed E-state index contributed by atoms with van der Waals surface area (Å²) in [6, 6.07) is 18.9. The van der Waals surface area contributed by atoms with Crippen molar-refractivity contribution in [3.8, 4) is 11.5 Å². The van der Waals surface area contributed by atoms with Crippen LogP contribution in [0.3, 0.4) is 0 Å². The Morgan fingerprint density at radius 2 is 1.69 bits per heavy atom. The quantitative estimate of drug-likeness (QED) is 0.734. The second-order valence-electron chi connectivity index (χ2n) is 6.58. The molecule has 2 N–H and O–H groups in total. The lowest BCUT2D eigenvalue weighted by molar-refractivity contribution is -0.123. The third kappa shape index (κ3) is 3.00. The number of para-hydroxylation sites is 2. The van der Waals surface area contributed by atoms with E-state index < -0.39 is 11.5 Å². The van der Waals surface area contributed by atoms with E-state index in [1.54, 1.807) is 6.92 Å². The zero-order chi connectivity index (χ0) is 18.1. The smallest absolute Gasteiger partial charge is 0.232 e. The number of ether oxygens (including phenoxy) is 1. The first-order chi connectivity index (χ1) is 12.6. The number of aliphatic hydroxyl groups is 1. The van der Waals surface area contributed by atoms with Gasteiger partial charge in [0.15, 0.2) is 0 Å². The van der Waals surface area contributed by atoms with E-state index in [1.807, 2.05) is 66.0 Å². The molecule has 4 nitrogen and oxygen atoms in total. The van der Waals surface area contributed by atoms with Crippen molar-refractivity contribution in [2.24, 2.45) is 0 Å². The molecule has 1 aliphatic heterocycles. The van der Waals surface area contributed by atoms with E-state index in [0.717, 1.165) is 16.0 Å². The summed E-state index contributed by atoms with van der Waals surface area (Å²) < 4.78 is 5.93. The molecule has 1 atom stereocenters. The van der Waals surface area contributed by atoms with Gasteiger partial charge < -0.3 is 15.2 Å². The Morgan fingerprint density at radius 1 is 1.08 bits per heavy atom. The average Bonchev–Trinajstić information content (AvgIpc) is 3.20. The maximum absolute atomic E-state index is 13.1. The highest BCUT2D eigenvalue weighted by Crippen LogP contribution is 2.43. The molecule has 0 saturated heterocycles. The number of benzene rings is 2. The molecule has 1 aliphatic rings. The van der Waals surface area contributed by atoms with Crippen LogP contribution in [0.1, 0.15) is 28.8 Å². The third-order valence-corrected chi connectivity index (χ3v) is 5.72. The van der Waals surface area contributed by atoms with Crippen LogP contribution in [0.2, 0.25) is 0 Å². The Balaban J connectivity index is 1.62. The zero-order valence-electron chi connectivity index (χ0n) is 14.3. The minimum atomic E-state index is -1.10. The number of hydrogen-bond donors (Lipinski definition) is 2. The van der Waals surface area contributed by atoms with E-state index in [0.29, 0.717) is 11.5 Å². The van der Waals surface area contributed by atoms with E-state index in [1.165, 1.54) is 11.3 Å². The summed E-state index contributed by atoms with van der Waals surface area (Å²) in [6.45, 7) is 1.86. The summed E-state index contributed by atoms with van der Waals surface area (Å²) in [5.41, 5.74) is 0.563. The predicted molar refractivity (Wildman–Crippen MR) is 102 cm³/mol. The van der Waals surface area contributed by atoms with Crippen LogP contribution >= 0.6 is 11.3 Å². The molecule has 1 amide bonds. The normalized spacial score (nSPS) is 15.3.